The molecule has 7 heteroatoms. The first-order valence-corrected chi connectivity index (χ1v) is 10.5. The third kappa shape index (κ3) is 5.22. The van der Waals surface area contributed by atoms with Gasteiger partial charge in [-0.25, -0.2) is 4.68 Å². The minimum atomic E-state index is -0.332. The molecule has 0 bridgehead atoms. The van der Waals surface area contributed by atoms with Gasteiger partial charge in [-0.3, -0.25) is 14.9 Å². The highest BCUT2D eigenvalue weighted by Gasteiger charge is 2.26. The Labute approximate surface area is 167 Å². The van der Waals surface area contributed by atoms with Gasteiger partial charge in [0, 0.05) is 31.1 Å². The minimum Gasteiger partial charge on any atom is -0.356 e. The van der Waals surface area contributed by atoms with Crippen molar-refractivity contribution in [3.63, 3.8) is 0 Å². The Kier molecular flexibility index (Phi) is 6.88. The SMILES string of the molecule is Cc1nn(C2NC(=O)CC(C)N2)c(C)c1CCC(=O)NCCC1=CCCCC1. The Hall–Kier alpha value is -2.15. The van der Waals surface area contributed by atoms with Gasteiger partial charge in [-0.1, -0.05) is 11.6 Å². The van der Waals surface area contributed by atoms with Gasteiger partial charge in [-0.05, 0) is 64.9 Å². The summed E-state index contributed by atoms with van der Waals surface area (Å²) in [4.78, 5) is 24.1. The molecule has 1 aromatic rings. The monoisotopic (exact) mass is 387 g/mol. The fourth-order valence-electron chi connectivity index (χ4n) is 4.12. The topological polar surface area (TPSA) is 88.1 Å². The predicted molar refractivity (Wildman–Crippen MR) is 109 cm³/mol. The zero-order valence-electron chi connectivity index (χ0n) is 17.3. The maximum Gasteiger partial charge on any atom is 0.224 e. The molecule has 2 heterocycles. The summed E-state index contributed by atoms with van der Waals surface area (Å²) in [7, 11) is 0. The number of allylic oxidation sites excluding steroid dienone is 1. The molecule has 0 aromatic carbocycles. The van der Waals surface area contributed by atoms with Crippen LogP contribution in [0.3, 0.4) is 0 Å². The van der Waals surface area contributed by atoms with Crippen LogP contribution < -0.4 is 16.0 Å². The summed E-state index contributed by atoms with van der Waals surface area (Å²) >= 11 is 0. The molecule has 3 N–H and O–H groups in total. The third-order valence-electron chi connectivity index (χ3n) is 5.71. The van der Waals surface area contributed by atoms with E-state index in [2.05, 4.69) is 27.1 Å². The highest BCUT2D eigenvalue weighted by atomic mass is 16.2. The van der Waals surface area contributed by atoms with E-state index >= 15 is 0 Å². The standard InChI is InChI=1S/C21H33N5O2/c1-14-13-20(28)24-21(23-14)26-16(3)18(15(2)25-26)9-10-19(27)22-12-11-17-7-5-4-6-8-17/h7,14,21,23H,4-6,8-13H2,1-3H3,(H,22,27)(H,24,28). The van der Waals surface area contributed by atoms with E-state index in [9.17, 15) is 9.59 Å². The molecule has 7 nitrogen and oxygen atoms in total. The Balaban J connectivity index is 1.51. The number of hydrogen-bond acceptors (Lipinski definition) is 4. The van der Waals surface area contributed by atoms with Crippen molar-refractivity contribution in [1.29, 1.82) is 0 Å². The lowest BCUT2D eigenvalue weighted by atomic mass is 9.97. The minimum absolute atomic E-state index is 0.0258. The van der Waals surface area contributed by atoms with E-state index in [0.29, 0.717) is 19.3 Å². The van der Waals surface area contributed by atoms with Crippen LogP contribution in [0.4, 0.5) is 0 Å². The van der Waals surface area contributed by atoms with E-state index in [1.165, 1.54) is 31.3 Å². The first kappa shape index (κ1) is 20.6. The average Bonchev–Trinajstić information content (AvgIpc) is 2.94. The van der Waals surface area contributed by atoms with Gasteiger partial charge in [0.05, 0.1) is 5.69 Å². The summed E-state index contributed by atoms with van der Waals surface area (Å²) in [6.07, 6.45) is 9.47. The van der Waals surface area contributed by atoms with Gasteiger partial charge in [0.1, 0.15) is 0 Å². The van der Waals surface area contributed by atoms with Crippen LogP contribution in [0, 0.1) is 13.8 Å². The molecule has 0 radical (unpaired) electrons. The van der Waals surface area contributed by atoms with Gasteiger partial charge in [0.25, 0.3) is 0 Å². The van der Waals surface area contributed by atoms with E-state index in [4.69, 9.17) is 0 Å². The van der Waals surface area contributed by atoms with Crippen LogP contribution in [0.2, 0.25) is 0 Å². The molecule has 1 saturated heterocycles. The Bertz CT molecular complexity index is 752. The van der Waals surface area contributed by atoms with Gasteiger partial charge < -0.3 is 10.6 Å². The van der Waals surface area contributed by atoms with Crippen molar-refractivity contribution in [3.05, 3.63) is 28.6 Å². The first-order valence-electron chi connectivity index (χ1n) is 10.5. The van der Waals surface area contributed by atoms with E-state index < -0.39 is 0 Å². The zero-order chi connectivity index (χ0) is 20.1. The van der Waals surface area contributed by atoms with Crippen molar-refractivity contribution in [1.82, 2.24) is 25.7 Å². The van der Waals surface area contributed by atoms with Gasteiger partial charge >= 0.3 is 0 Å². The largest absolute Gasteiger partial charge is 0.356 e. The van der Waals surface area contributed by atoms with Gasteiger partial charge in [-0.15, -0.1) is 0 Å². The van der Waals surface area contributed by atoms with E-state index in [1.54, 1.807) is 0 Å². The summed E-state index contributed by atoms with van der Waals surface area (Å²) in [6, 6.07) is 0.108. The molecule has 1 aliphatic heterocycles. The molecule has 0 spiro atoms. The number of nitrogens with one attached hydrogen (secondary N) is 3. The number of carbonyl (C=O) groups excluding carboxylic acids is 2. The lowest BCUT2D eigenvalue weighted by Gasteiger charge is -2.30. The molecule has 1 aromatic heterocycles. The maximum absolute atomic E-state index is 12.2. The normalized spacial score (nSPS) is 22.5. The van der Waals surface area contributed by atoms with Crippen LogP contribution in [0.5, 0.6) is 0 Å². The second-order valence-electron chi connectivity index (χ2n) is 8.04. The Morgan fingerprint density at radius 3 is 2.86 bits per heavy atom. The second-order valence-corrected chi connectivity index (χ2v) is 8.04. The fourth-order valence-corrected chi connectivity index (χ4v) is 4.12. The van der Waals surface area contributed by atoms with Crippen molar-refractivity contribution >= 4 is 11.8 Å². The molecule has 154 valence electrons. The predicted octanol–water partition coefficient (Wildman–Crippen LogP) is 2.39. The number of hydrogen-bond donors (Lipinski definition) is 3. The maximum atomic E-state index is 12.2. The second kappa shape index (κ2) is 9.37. The van der Waals surface area contributed by atoms with E-state index in [0.717, 1.165) is 29.9 Å². The quantitative estimate of drug-likeness (QED) is 0.627. The van der Waals surface area contributed by atoms with Crippen molar-refractivity contribution < 1.29 is 9.59 Å². The molecule has 2 amide bonds. The van der Waals surface area contributed by atoms with Crippen molar-refractivity contribution in [2.75, 3.05) is 6.54 Å². The summed E-state index contributed by atoms with van der Waals surface area (Å²) in [6.45, 7) is 6.67. The molecule has 28 heavy (non-hydrogen) atoms. The van der Waals surface area contributed by atoms with Crippen LogP contribution in [0.25, 0.3) is 0 Å². The number of aryl methyl sites for hydroxylation is 1. The van der Waals surface area contributed by atoms with Gasteiger partial charge in [0.15, 0.2) is 6.29 Å². The first-order chi connectivity index (χ1) is 13.4. The molecule has 2 atom stereocenters. The number of nitrogens with zero attached hydrogens (tertiary/aromatic N) is 2. The van der Waals surface area contributed by atoms with Crippen molar-refractivity contribution in [2.45, 2.75) is 84.5 Å². The van der Waals surface area contributed by atoms with Crippen molar-refractivity contribution in [3.8, 4) is 0 Å². The number of amides is 2. The lowest BCUT2D eigenvalue weighted by Crippen LogP contribution is -2.52. The number of carbonyl (C=O) groups is 2. The van der Waals surface area contributed by atoms with Crippen LogP contribution in [0.1, 0.15) is 75.1 Å². The fraction of sp³-hybridized carbons (Fsp3) is 0.667. The molecule has 2 unspecified atom stereocenters. The number of aromatic nitrogens is 2. The van der Waals surface area contributed by atoms with Crippen LogP contribution in [-0.2, 0) is 16.0 Å². The average molecular weight is 388 g/mol. The molecular formula is C21H33N5O2. The summed E-state index contributed by atoms with van der Waals surface area (Å²) in [5.74, 6) is 0.110. The van der Waals surface area contributed by atoms with Crippen LogP contribution in [0.15, 0.2) is 11.6 Å². The highest BCUT2D eigenvalue weighted by Crippen LogP contribution is 2.20. The summed E-state index contributed by atoms with van der Waals surface area (Å²) in [5.41, 5.74) is 4.46. The van der Waals surface area contributed by atoms with Crippen LogP contribution >= 0.6 is 0 Å². The smallest absolute Gasteiger partial charge is 0.224 e. The summed E-state index contributed by atoms with van der Waals surface area (Å²) in [5, 5.41) is 13.9. The Morgan fingerprint density at radius 2 is 2.14 bits per heavy atom. The van der Waals surface area contributed by atoms with E-state index in [1.807, 2.05) is 25.5 Å². The summed E-state index contributed by atoms with van der Waals surface area (Å²) < 4.78 is 1.83. The van der Waals surface area contributed by atoms with E-state index in [-0.39, 0.29) is 24.1 Å². The molecule has 2 aliphatic rings. The lowest BCUT2D eigenvalue weighted by molar-refractivity contribution is -0.125. The highest BCUT2D eigenvalue weighted by molar-refractivity contribution is 5.77. The molecule has 3 rings (SSSR count). The molecule has 1 fully saturated rings. The third-order valence-corrected chi connectivity index (χ3v) is 5.71. The number of rotatable bonds is 7. The van der Waals surface area contributed by atoms with Gasteiger partial charge in [0.2, 0.25) is 11.8 Å². The Morgan fingerprint density at radius 1 is 1.32 bits per heavy atom. The molecular weight excluding hydrogens is 354 g/mol. The van der Waals surface area contributed by atoms with Crippen molar-refractivity contribution in [2.24, 2.45) is 0 Å². The molecule has 0 saturated carbocycles. The zero-order valence-corrected chi connectivity index (χ0v) is 17.3. The molecule has 1 aliphatic carbocycles. The van der Waals surface area contributed by atoms with Gasteiger partial charge in [-0.2, -0.15) is 5.10 Å². The van der Waals surface area contributed by atoms with Crippen LogP contribution in [-0.4, -0.2) is 34.2 Å².